The van der Waals surface area contributed by atoms with Gasteiger partial charge in [0.05, 0.1) is 0 Å². The predicted molar refractivity (Wildman–Crippen MR) is 87.7 cm³/mol. The van der Waals surface area contributed by atoms with Gasteiger partial charge in [-0.2, -0.15) is 0 Å². The zero-order chi connectivity index (χ0) is 15.3. The number of hydrogen-bond donors (Lipinski definition) is 1. The summed E-state index contributed by atoms with van der Waals surface area (Å²) in [6, 6.07) is 1.17. The maximum atomic E-state index is 3.63. The van der Waals surface area contributed by atoms with Gasteiger partial charge in [0.1, 0.15) is 0 Å². The molecule has 0 aromatic rings. The molecule has 2 heteroatoms. The molecule has 0 heterocycles. The number of hydrogen-bond acceptors (Lipinski definition) is 2. The quantitative estimate of drug-likeness (QED) is 0.712. The average Bonchev–Trinajstić information content (AvgIpc) is 2.24. The van der Waals surface area contributed by atoms with E-state index in [9.17, 15) is 0 Å². The molecule has 2 atom stereocenters. The molecule has 116 valence electrons. The first kappa shape index (κ1) is 18.9. The van der Waals surface area contributed by atoms with Crippen LogP contribution in [0.5, 0.6) is 0 Å². The van der Waals surface area contributed by atoms with Crippen LogP contribution in [-0.2, 0) is 0 Å². The first-order valence-electron chi connectivity index (χ1n) is 7.95. The third-order valence-electron chi connectivity index (χ3n) is 4.34. The van der Waals surface area contributed by atoms with Crippen molar-refractivity contribution in [3.63, 3.8) is 0 Å². The fourth-order valence-electron chi connectivity index (χ4n) is 2.68. The summed E-state index contributed by atoms with van der Waals surface area (Å²) in [6.45, 7) is 20.8. The van der Waals surface area contributed by atoms with Gasteiger partial charge in [0, 0.05) is 25.2 Å². The highest BCUT2D eigenvalue weighted by atomic mass is 15.1. The molecular formula is C17H38N2. The molecular weight excluding hydrogens is 232 g/mol. The van der Waals surface area contributed by atoms with E-state index in [1.165, 1.54) is 19.4 Å². The lowest BCUT2D eigenvalue weighted by Gasteiger charge is -2.41. The molecule has 0 rings (SSSR count). The first-order valence-corrected chi connectivity index (χ1v) is 7.95. The summed E-state index contributed by atoms with van der Waals surface area (Å²) in [6.07, 6.45) is 2.54. The van der Waals surface area contributed by atoms with Crippen molar-refractivity contribution in [2.24, 2.45) is 10.8 Å². The minimum Gasteiger partial charge on any atom is -0.314 e. The molecule has 0 radical (unpaired) electrons. The highest BCUT2D eigenvalue weighted by Crippen LogP contribution is 2.29. The molecule has 19 heavy (non-hydrogen) atoms. The number of nitrogens with one attached hydrogen (secondary N) is 1. The van der Waals surface area contributed by atoms with Gasteiger partial charge < -0.3 is 10.2 Å². The number of nitrogens with zero attached hydrogens (tertiary/aromatic N) is 1. The van der Waals surface area contributed by atoms with Crippen molar-refractivity contribution in [3.8, 4) is 0 Å². The van der Waals surface area contributed by atoms with Crippen molar-refractivity contribution in [1.29, 1.82) is 0 Å². The topological polar surface area (TPSA) is 15.3 Å². The summed E-state index contributed by atoms with van der Waals surface area (Å²) in [5.41, 5.74) is 0.709. The summed E-state index contributed by atoms with van der Waals surface area (Å²) in [4.78, 5) is 2.54. The van der Waals surface area contributed by atoms with Crippen molar-refractivity contribution in [3.05, 3.63) is 0 Å². The van der Waals surface area contributed by atoms with Crippen LogP contribution in [0.15, 0.2) is 0 Å². The molecule has 0 fully saturated rings. The van der Waals surface area contributed by atoms with Crippen molar-refractivity contribution in [2.75, 3.05) is 20.1 Å². The van der Waals surface area contributed by atoms with E-state index in [4.69, 9.17) is 0 Å². The van der Waals surface area contributed by atoms with Gasteiger partial charge >= 0.3 is 0 Å². The fourth-order valence-corrected chi connectivity index (χ4v) is 2.68. The van der Waals surface area contributed by atoms with Crippen molar-refractivity contribution < 1.29 is 0 Å². The van der Waals surface area contributed by atoms with Crippen LogP contribution >= 0.6 is 0 Å². The van der Waals surface area contributed by atoms with Gasteiger partial charge in [0.25, 0.3) is 0 Å². The Labute approximate surface area is 122 Å². The minimum atomic E-state index is 0.341. The van der Waals surface area contributed by atoms with Crippen LogP contribution < -0.4 is 5.32 Å². The van der Waals surface area contributed by atoms with Gasteiger partial charge in [-0.25, -0.2) is 0 Å². The maximum absolute atomic E-state index is 3.63. The molecule has 0 aliphatic heterocycles. The van der Waals surface area contributed by atoms with Crippen LogP contribution in [0, 0.1) is 10.8 Å². The van der Waals surface area contributed by atoms with E-state index in [0.29, 0.717) is 22.9 Å². The van der Waals surface area contributed by atoms with Gasteiger partial charge in [-0.15, -0.1) is 0 Å². The summed E-state index contributed by atoms with van der Waals surface area (Å²) in [5.74, 6) is 0. The summed E-state index contributed by atoms with van der Waals surface area (Å²) in [5, 5.41) is 3.63. The van der Waals surface area contributed by atoms with E-state index in [2.05, 4.69) is 72.7 Å². The van der Waals surface area contributed by atoms with E-state index in [1.807, 2.05) is 0 Å². The van der Waals surface area contributed by atoms with Gasteiger partial charge in [-0.1, -0.05) is 54.9 Å². The van der Waals surface area contributed by atoms with Crippen LogP contribution in [0.3, 0.4) is 0 Å². The maximum Gasteiger partial charge on any atom is 0.0113 e. The molecule has 2 nitrogen and oxygen atoms in total. The first-order chi connectivity index (χ1) is 8.52. The van der Waals surface area contributed by atoms with Crippen LogP contribution in [0.1, 0.15) is 68.2 Å². The van der Waals surface area contributed by atoms with Crippen LogP contribution in [0.2, 0.25) is 0 Å². The smallest absolute Gasteiger partial charge is 0.0113 e. The second-order valence-corrected chi connectivity index (χ2v) is 8.05. The normalized spacial score (nSPS) is 17.8. The lowest BCUT2D eigenvalue weighted by molar-refractivity contribution is 0.0847. The Morgan fingerprint density at radius 3 is 1.95 bits per heavy atom. The molecule has 0 spiro atoms. The van der Waals surface area contributed by atoms with Gasteiger partial charge in [-0.3, -0.25) is 0 Å². The Morgan fingerprint density at radius 2 is 1.58 bits per heavy atom. The van der Waals surface area contributed by atoms with Crippen molar-refractivity contribution in [1.82, 2.24) is 10.2 Å². The average molecular weight is 271 g/mol. The molecule has 0 aromatic heterocycles. The van der Waals surface area contributed by atoms with E-state index < -0.39 is 0 Å². The molecule has 2 unspecified atom stereocenters. The second-order valence-electron chi connectivity index (χ2n) is 8.05. The third kappa shape index (κ3) is 7.31. The van der Waals surface area contributed by atoms with Crippen LogP contribution in [0.25, 0.3) is 0 Å². The molecule has 0 saturated heterocycles. The largest absolute Gasteiger partial charge is 0.314 e. The summed E-state index contributed by atoms with van der Waals surface area (Å²) in [7, 11) is 2.28. The Balaban J connectivity index is 4.64. The molecule has 1 N–H and O–H groups in total. The fraction of sp³-hybridized carbons (Fsp3) is 1.00. The Hall–Kier alpha value is -0.0800. The van der Waals surface area contributed by atoms with Gasteiger partial charge in [-0.05, 0) is 31.2 Å². The Kier molecular flexibility index (Phi) is 7.60. The lowest BCUT2D eigenvalue weighted by atomic mass is 9.82. The zero-order valence-electron chi connectivity index (χ0n) is 14.9. The van der Waals surface area contributed by atoms with Gasteiger partial charge in [0.2, 0.25) is 0 Å². The SMILES string of the molecule is CCCC(C)(CNC(C)C)CN(C)C(C)C(C)(C)C. The lowest BCUT2D eigenvalue weighted by Crippen LogP contribution is -2.48. The van der Waals surface area contributed by atoms with Crippen LogP contribution in [-0.4, -0.2) is 37.1 Å². The molecule has 0 bridgehead atoms. The van der Waals surface area contributed by atoms with E-state index >= 15 is 0 Å². The molecule has 0 aliphatic carbocycles. The minimum absolute atomic E-state index is 0.341. The van der Waals surface area contributed by atoms with Crippen molar-refractivity contribution in [2.45, 2.75) is 80.3 Å². The van der Waals surface area contributed by atoms with E-state index in [-0.39, 0.29) is 0 Å². The molecule has 0 saturated carbocycles. The zero-order valence-corrected chi connectivity index (χ0v) is 14.9. The van der Waals surface area contributed by atoms with Crippen molar-refractivity contribution >= 4 is 0 Å². The molecule has 0 aromatic carbocycles. The molecule has 0 aliphatic rings. The van der Waals surface area contributed by atoms with E-state index in [1.54, 1.807) is 0 Å². The predicted octanol–water partition coefficient (Wildman–Crippen LogP) is 4.16. The highest BCUT2D eigenvalue weighted by Gasteiger charge is 2.30. The second kappa shape index (κ2) is 7.64. The van der Waals surface area contributed by atoms with E-state index in [0.717, 1.165) is 6.54 Å². The van der Waals surface area contributed by atoms with Crippen LogP contribution in [0.4, 0.5) is 0 Å². The third-order valence-corrected chi connectivity index (χ3v) is 4.34. The molecule has 0 amide bonds. The summed E-state index contributed by atoms with van der Waals surface area (Å²) < 4.78 is 0. The Morgan fingerprint density at radius 1 is 1.05 bits per heavy atom. The highest BCUT2D eigenvalue weighted by molar-refractivity contribution is 4.85. The standard InChI is InChI=1S/C17H38N2/c1-10-11-17(8,12-18-14(2)3)13-19(9)15(4)16(5,6)7/h14-15,18H,10-13H2,1-9H3. The van der Waals surface area contributed by atoms with Gasteiger partial charge in [0.15, 0.2) is 0 Å². The summed E-state index contributed by atoms with van der Waals surface area (Å²) >= 11 is 0. The monoisotopic (exact) mass is 270 g/mol. The number of rotatable bonds is 8. The Bertz CT molecular complexity index is 242.